The van der Waals surface area contributed by atoms with Gasteiger partial charge in [-0.15, -0.1) is 0 Å². The van der Waals surface area contributed by atoms with E-state index in [-0.39, 0.29) is 10.7 Å². The summed E-state index contributed by atoms with van der Waals surface area (Å²) in [4.78, 5) is 26.1. The van der Waals surface area contributed by atoms with Crippen LogP contribution in [-0.2, 0) is 0 Å². The van der Waals surface area contributed by atoms with E-state index in [2.05, 4.69) is 21.0 Å². The second kappa shape index (κ2) is 8.44. The predicted molar refractivity (Wildman–Crippen MR) is 127 cm³/mol. The fourth-order valence-electron chi connectivity index (χ4n) is 4.89. The number of fused-ring (bicyclic) bond motifs is 3. The number of carbonyl (C=O) groups excluding carboxylic acids is 1. The van der Waals surface area contributed by atoms with Gasteiger partial charge in [0, 0.05) is 20.5 Å². The molecule has 4 atom stereocenters. The maximum absolute atomic E-state index is 13.8. The molecule has 1 saturated heterocycles. The molecule has 0 bridgehead atoms. The van der Waals surface area contributed by atoms with Crippen LogP contribution in [0.3, 0.4) is 0 Å². The maximum Gasteiger partial charge on any atom is 0.248 e. The van der Waals surface area contributed by atoms with Gasteiger partial charge in [0.05, 0.1) is 19.2 Å². The molecule has 2 heterocycles. The van der Waals surface area contributed by atoms with Crippen LogP contribution in [0.4, 0.5) is 0 Å². The van der Waals surface area contributed by atoms with E-state index in [1.165, 1.54) is 0 Å². The molecule has 0 aromatic heterocycles. The Kier molecular flexibility index (Phi) is 5.46. The van der Waals surface area contributed by atoms with Gasteiger partial charge in [-0.3, -0.25) is 19.9 Å². The zero-order chi connectivity index (χ0) is 23.1. The number of hydrazone groups is 1. The standard InChI is InChI=1S/C25H20BrN3O4/c1-33-19-12-8-16(9-13-19)25(30)24-21(15-6-10-18(26)11-7-15)23(29(31)32)22-20-5-3-2-4-17(20)14-27-28(22)24/h2-14,21-24H,1H3/t21-,22-,23-,24+/m1/s1. The highest BCUT2D eigenvalue weighted by Gasteiger charge is 2.60. The molecule has 3 aromatic rings. The van der Waals surface area contributed by atoms with Crippen LogP contribution in [0.15, 0.2) is 82.4 Å². The first kappa shape index (κ1) is 21.3. The summed E-state index contributed by atoms with van der Waals surface area (Å²) in [6.45, 7) is 0. The Morgan fingerprint density at radius 2 is 1.76 bits per heavy atom. The lowest BCUT2D eigenvalue weighted by molar-refractivity contribution is -0.529. The van der Waals surface area contributed by atoms with Crippen LogP contribution in [-0.4, -0.2) is 41.1 Å². The molecule has 2 aliphatic heterocycles. The molecule has 0 aliphatic carbocycles. The maximum atomic E-state index is 13.8. The summed E-state index contributed by atoms with van der Waals surface area (Å²) in [7, 11) is 1.56. The number of ether oxygens (including phenoxy) is 1. The number of nitro groups is 1. The monoisotopic (exact) mass is 505 g/mol. The fraction of sp³-hybridized carbons (Fsp3) is 0.200. The summed E-state index contributed by atoms with van der Waals surface area (Å²) in [5, 5.41) is 18.7. The minimum atomic E-state index is -1.04. The predicted octanol–water partition coefficient (Wildman–Crippen LogP) is 4.84. The highest BCUT2D eigenvalue weighted by atomic mass is 79.9. The number of methoxy groups -OCH3 is 1. The molecule has 0 unspecified atom stereocenters. The molecule has 1 fully saturated rings. The van der Waals surface area contributed by atoms with Crippen LogP contribution in [0.25, 0.3) is 0 Å². The van der Waals surface area contributed by atoms with E-state index in [1.807, 2.05) is 48.5 Å². The summed E-state index contributed by atoms with van der Waals surface area (Å²) in [5.41, 5.74) is 2.83. The van der Waals surface area contributed by atoms with Gasteiger partial charge in [0.2, 0.25) is 6.04 Å². The number of hydrogen-bond donors (Lipinski definition) is 0. The molecule has 166 valence electrons. The number of ketones is 1. The van der Waals surface area contributed by atoms with Crippen molar-refractivity contribution in [2.75, 3.05) is 7.11 Å². The molecule has 7 nitrogen and oxygen atoms in total. The van der Waals surface area contributed by atoms with Crippen molar-refractivity contribution in [3.8, 4) is 5.75 Å². The van der Waals surface area contributed by atoms with Crippen LogP contribution in [0.1, 0.15) is 39.0 Å². The Morgan fingerprint density at radius 3 is 2.42 bits per heavy atom. The summed E-state index contributed by atoms with van der Waals surface area (Å²) < 4.78 is 6.07. The summed E-state index contributed by atoms with van der Waals surface area (Å²) in [6.07, 6.45) is 1.68. The summed E-state index contributed by atoms with van der Waals surface area (Å²) >= 11 is 3.43. The third kappa shape index (κ3) is 3.60. The average Bonchev–Trinajstić information content (AvgIpc) is 3.20. The molecular formula is C25H20BrN3O4. The smallest absolute Gasteiger partial charge is 0.248 e. The van der Waals surface area contributed by atoms with Crippen molar-refractivity contribution < 1.29 is 14.5 Å². The lowest BCUT2D eigenvalue weighted by Gasteiger charge is -2.30. The van der Waals surface area contributed by atoms with Crippen molar-refractivity contribution in [3.05, 3.63) is 110 Å². The topological polar surface area (TPSA) is 85.0 Å². The van der Waals surface area contributed by atoms with Gasteiger partial charge in [0.1, 0.15) is 17.8 Å². The van der Waals surface area contributed by atoms with Crippen molar-refractivity contribution in [3.63, 3.8) is 0 Å². The quantitative estimate of drug-likeness (QED) is 0.281. The number of carbonyl (C=O) groups is 1. The largest absolute Gasteiger partial charge is 0.497 e. The second-order valence-electron chi connectivity index (χ2n) is 8.09. The van der Waals surface area contributed by atoms with Crippen molar-refractivity contribution >= 4 is 27.9 Å². The highest BCUT2D eigenvalue weighted by molar-refractivity contribution is 9.10. The van der Waals surface area contributed by atoms with E-state index in [9.17, 15) is 14.9 Å². The molecule has 0 N–H and O–H groups in total. The van der Waals surface area contributed by atoms with E-state index in [1.54, 1.807) is 42.6 Å². The van der Waals surface area contributed by atoms with E-state index in [0.29, 0.717) is 11.3 Å². The Labute approximate surface area is 199 Å². The number of hydrogen-bond acceptors (Lipinski definition) is 6. The molecule has 3 aromatic carbocycles. The van der Waals surface area contributed by atoms with Crippen LogP contribution in [0.2, 0.25) is 0 Å². The summed E-state index contributed by atoms with van der Waals surface area (Å²) in [5.74, 6) is -0.263. The number of Topliss-reactive ketones (excluding diaryl/α,β-unsaturated/α-hetero) is 1. The molecular weight excluding hydrogens is 486 g/mol. The average molecular weight is 506 g/mol. The van der Waals surface area contributed by atoms with Crippen molar-refractivity contribution in [2.45, 2.75) is 24.0 Å². The zero-order valence-corrected chi connectivity index (χ0v) is 19.3. The first-order chi connectivity index (χ1) is 16.0. The van der Waals surface area contributed by atoms with Gasteiger partial charge in [0.15, 0.2) is 5.78 Å². The molecule has 0 amide bonds. The number of benzene rings is 3. The van der Waals surface area contributed by atoms with Gasteiger partial charge < -0.3 is 4.74 Å². The number of halogens is 1. The van der Waals surface area contributed by atoms with E-state index >= 15 is 0 Å². The molecule has 8 heteroatoms. The SMILES string of the molecule is COc1ccc(C(=O)[C@@H]2[C@H](c3ccc(Br)cc3)[C@@H]([N+](=O)[O-])[C@H]3c4ccccc4C=NN23)cc1. The molecule has 0 saturated carbocycles. The minimum Gasteiger partial charge on any atom is -0.497 e. The fourth-order valence-corrected chi connectivity index (χ4v) is 5.16. The molecule has 33 heavy (non-hydrogen) atoms. The molecule has 0 radical (unpaired) electrons. The van der Waals surface area contributed by atoms with E-state index < -0.39 is 24.0 Å². The van der Waals surface area contributed by atoms with Crippen molar-refractivity contribution in [1.29, 1.82) is 0 Å². The van der Waals surface area contributed by atoms with Crippen LogP contribution in [0, 0.1) is 10.1 Å². The molecule has 5 rings (SSSR count). The van der Waals surface area contributed by atoms with Crippen LogP contribution in [0.5, 0.6) is 5.75 Å². The third-order valence-electron chi connectivity index (χ3n) is 6.39. The molecule has 2 aliphatic rings. The normalized spacial score (nSPS) is 23.0. The Morgan fingerprint density at radius 1 is 1.06 bits per heavy atom. The minimum absolute atomic E-state index is 0.212. The lowest BCUT2D eigenvalue weighted by atomic mass is 9.82. The lowest BCUT2D eigenvalue weighted by Crippen LogP contribution is -2.38. The molecule has 0 spiro atoms. The van der Waals surface area contributed by atoms with Gasteiger partial charge in [-0.05, 0) is 47.5 Å². The van der Waals surface area contributed by atoms with Gasteiger partial charge in [0.25, 0.3) is 0 Å². The first-order valence-electron chi connectivity index (χ1n) is 10.5. The Bertz CT molecular complexity index is 1240. The van der Waals surface area contributed by atoms with E-state index in [4.69, 9.17) is 4.74 Å². The zero-order valence-electron chi connectivity index (χ0n) is 17.7. The van der Waals surface area contributed by atoms with Gasteiger partial charge in [-0.25, -0.2) is 0 Å². The van der Waals surface area contributed by atoms with Gasteiger partial charge >= 0.3 is 0 Å². The van der Waals surface area contributed by atoms with Crippen molar-refractivity contribution in [1.82, 2.24) is 5.01 Å². The number of rotatable bonds is 5. The third-order valence-corrected chi connectivity index (χ3v) is 6.92. The van der Waals surface area contributed by atoms with Crippen molar-refractivity contribution in [2.24, 2.45) is 5.10 Å². The van der Waals surface area contributed by atoms with Crippen LogP contribution < -0.4 is 4.74 Å². The Balaban J connectivity index is 1.67. The van der Waals surface area contributed by atoms with Crippen LogP contribution >= 0.6 is 15.9 Å². The highest BCUT2D eigenvalue weighted by Crippen LogP contribution is 2.49. The van der Waals surface area contributed by atoms with Gasteiger partial charge in [-0.1, -0.05) is 52.3 Å². The second-order valence-corrected chi connectivity index (χ2v) is 9.00. The van der Waals surface area contributed by atoms with Gasteiger partial charge in [-0.2, -0.15) is 5.10 Å². The first-order valence-corrected chi connectivity index (χ1v) is 11.3. The number of nitrogens with zero attached hydrogens (tertiary/aromatic N) is 3. The van der Waals surface area contributed by atoms with E-state index in [0.717, 1.165) is 21.2 Å². The Hall–Kier alpha value is -3.52. The summed E-state index contributed by atoms with van der Waals surface area (Å²) in [6, 6.07) is 19.2.